The van der Waals surface area contributed by atoms with Gasteiger partial charge in [0.1, 0.15) is 6.04 Å². The van der Waals surface area contributed by atoms with E-state index in [9.17, 15) is 9.59 Å². The zero-order valence-electron chi connectivity index (χ0n) is 11.0. The molecule has 1 atom stereocenters. The Balaban J connectivity index is 1.93. The van der Waals surface area contributed by atoms with E-state index in [4.69, 9.17) is 0 Å². The Kier molecular flexibility index (Phi) is 4.44. The van der Waals surface area contributed by atoms with Gasteiger partial charge >= 0.3 is 0 Å². The lowest BCUT2D eigenvalue weighted by atomic mass is 10.2. The summed E-state index contributed by atoms with van der Waals surface area (Å²) in [5, 5.41) is 5.35. The Bertz CT molecular complexity index is 585. The number of rotatable bonds is 4. The van der Waals surface area contributed by atoms with Crippen LogP contribution in [0, 0.1) is 0 Å². The van der Waals surface area contributed by atoms with Gasteiger partial charge in [0, 0.05) is 18.1 Å². The highest BCUT2D eigenvalue weighted by molar-refractivity contribution is 6.00. The van der Waals surface area contributed by atoms with E-state index in [-0.39, 0.29) is 11.8 Å². The highest BCUT2D eigenvalue weighted by Crippen LogP contribution is 2.05. The molecule has 2 aromatic rings. The molecule has 0 aliphatic rings. The molecule has 5 nitrogen and oxygen atoms in total. The first-order valence-electron chi connectivity index (χ1n) is 6.23. The fourth-order valence-corrected chi connectivity index (χ4v) is 1.61. The molecule has 1 heterocycles. The van der Waals surface area contributed by atoms with E-state index in [0.717, 1.165) is 0 Å². The third kappa shape index (κ3) is 3.65. The van der Waals surface area contributed by atoms with Crippen LogP contribution in [0.4, 0.5) is 5.69 Å². The number of nitrogens with one attached hydrogen (secondary N) is 2. The topological polar surface area (TPSA) is 71.1 Å². The van der Waals surface area contributed by atoms with Gasteiger partial charge in [-0.3, -0.25) is 14.6 Å². The van der Waals surface area contributed by atoms with Crippen molar-refractivity contribution in [2.45, 2.75) is 13.0 Å². The first-order chi connectivity index (χ1) is 9.66. The third-order valence-corrected chi connectivity index (χ3v) is 2.71. The molecule has 1 aromatic heterocycles. The number of carbonyl (C=O) groups excluding carboxylic acids is 2. The summed E-state index contributed by atoms with van der Waals surface area (Å²) in [5.74, 6) is -0.595. The number of carbonyl (C=O) groups is 2. The largest absolute Gasteiger partial charge is 0.340 e. The summed E-state index contributed by atoms with van der Waals surface area (Å²) in [5.41, 5.74) is 1.12. The van der Waals surface area contributed by atoms with Crippen molar-refractivity contribution in [3.8, 4) is 0 Å². The van der Waals surface area contributed by atoms with Crippen LogP contribution in [0.15, 0.2) is 54.9 Å². The van der Waals surface area contributed by atoms with Crippen molar-refractivity contribution in [1.29, 1.82) is 0 Å². The number of anilines is 1. The van der Waals surface area contributed by atoms with Gasteiger partial charge in [0.15, 0.2) is 0 Å². The van der Waals surface area contributed by atoms with Crippen molar-refractivity contribution in [2.75, 3.05) is 5.32 Å². The fraction of sp³-hybridized carbons (Fsp3) is 0.133. The predicted octanol–water partition coefficient (Wildman–Crippen LogP) is 1.84. The van der Waals surface area contributed by atoms with Crippen LogP contribution in [0.2, 0.25) is 0 Å². The van der Waals surface area contributed by atoms with Crippen LogP contribution in [-0.4, -0.2) is 22.8 Å². The van der Waals surface area contributed by atoms with Gasteiger partial charge in [-0.2, -0.15) is 0 Å². The van der Waals surface area contributed by atoms with Crippen LogP contribution >= 0.6 is 0 Å². The highest BCUT2D eigenvalue weighted by atomic mass is 16.2. The van der Waals surface area contributed by atoms with Crippen LogP contribution < -0.4 is 10.6 Å². The average molecular weight is 269 g/mol. The molecule has 0 fully saturated rings. The molecule has 102 valence electrons. The molecule has 0 saturated heterocycles. The molecule has 1 aromatic carbocycles. The lowest BCUT2D eigenvalue weighted by Crippen LogP contribution is -2.41. The number of hydrogen-bond acceptors (Lipinski definition) is 3. The first-order valence-corrected chi connectivity index (χ1v) is 6.23. The smallest absolute Gasteiger partial charge is 0.253 e. The average Bonchev–Trinajstić information content (AvgIpc) is 2.49. The van der Waals surface area contributed by atoms with Crippen molar-refractivity contribution >= 4 is 17.5 Å². The number of hydrogen-bond donors (Lipinski definition) is 2. The second-order valence-electron chi connectivity index (χ2n) is 4.29. The maximum Gasteiger partial charge on any atom is 0.253 e. The molecule has 5 heteroatoms. The van der Waals surface area contributed by atoms with Gasteiger partial charge in [0.2, 0.25) is 5.91 Å². The second-order valence-corrected chi connectivity index (χ2v) is 4.29. The van der Waals surface area contributed by atoms with Crippen molar-refractivity contribution < 1.29 is 9.59 Å². The summed E-state index contributed by atoms with van der Waals surface area (Å²) in [6, 6.07) is 11.8. The summed E-state index contributed by atoms with van der Waals surface area (Å²) in [4.78, 5) is 27.7. The molecule has 0 saturated carbocycles. The Morgan fingerprint density at radius 2 is 1.85 bits per heavy atom. The second kappa shape index (κ2) is 6.47. The zero-order valence-corrected chi connectivity index (χ0v) is 11.0. The molecule has 2 amide bonds. The van der Waals surface area contributed by atoms with Gasteiger partial charge in [-0.15, -0.1) is 0 Å². The van der Waals surface area contributed by atoms with Crippen molar-refractivity contribution in [1.82, 2.24) is 10.3 Å². The van der Waals surface area contributed by atoms with Gasteiger partial charge in [0.25, 0.3) is 5.91 Å². The monoisotopic (exact) mass is 269 g/mol. The molecule has 20 heavy (non-hydrogen) atoms. The fourth-order valence-electron chi connectivity index (χ4n) is 1.61. The van der Waals surface area contributed by atoms with Crippen LogP contribution in [0.5, 0.6) is 0 Å². The molecular weight excluding hydrogens is 254 g/mol. The first kappa shape index (κ1) is 13.7. The van der Waals surface area contributed by atoms with Crippen molar-refractivity contribution in [2.24, 2.45) is 0 Å². The van der Waals surface area contributed by atoms with E-state index in [1.165, 1.54) is 6.20 Å². The van der Waals surface area contributed by atoms with Crippen LogP contribution in [0.1, 0.15) is 17.3 Å². The number of amides is 2. The lowest BCUT2D eigenvalue weighted by molar-refractivity contribution is -0.117. The summed E-state index contributed by atoms with van der Waals surface area (Å²) in [6.45, 7) is 1.63. The Hall–Kier alpha value is -2.69. The third-order valence-electron chi connectivity index (χ3n) is 2.71. The van der Waals surface area contributed by atoms with Crippen LogP contribution in [-0.2, 0) is 4.79 Å². The molecule has 0 radical (unpaired) electrons. The molecule has 2 rings (SSSR count). The number of pyridine rings is 1. The maximum absolute atomic E-state index is 11.9. The van der Waals surface area contributed by atoms with E-state index >= 15 is 0 Å². The number of para-hydroxylation sites is 1. The van der Waals surface area contributed by atoms with Crippen LogP contribution in [0.25, 0.3) is 0 Å². The summed E-state index contributed by atoms with van der Waals surface area (Å²) < 4.78 is 0. The number of benzene rings is 1. The van der Waals surface area contributed by atoms with Crippen molar-refractivity contribution in [3.05, 3.63) is 60.4 Å². The van der Waals surface area contributed by atoms with E-state index < -0.39 is 6.04 Å². The van der Waals surface area contributed by atoms with E-state index in [0.29, 0.717) is 11.3 Å². The van der Waals surface area contributed by atoms with Crippen molar-refractivity contribution in [3.63, 3.8) is 0 Å². The molecule has 0 bridgehead atoms. The molecule has 0 aliphatic heterocycles. The lowest BCUT2D eigenvalue weighted by Gasteiger charge is -2.14. The Morgan fingerprint density at radius 1 is 1.10 bits per heavy atom. The number of aromatic nitrogens is 1. The minimum atomic E-state index is -0.636. The Morgan fingerprint density at radius 3 is 2.50 bits per heavy atom. The predicted molar refractivity (Wildman–Crippen MR) is 76.2 cm³/mol. The van der Waals surface area contributed by atoms with Gasteiger partial charge in [0.05, 0.1) is 5.56 Å². The standard InChI is InChI=1S/C15H15N3O2/c1-11(14(19)18-13-7-3-2-4-8-13)17-15(20)12-6-5-9-16-10-12/h2-11H,1H3,(H,17,20)(H,18,19)/t11-/m0/s1. The molecule has 2 N–H and O–H groups in total. The van der Waals surface area contributed by atoms with E-state index in [1.807, 2.05) is 18.2 Å². The maximum atomic E-state index is 11.9. The van der Waals surface area contributed by atoms with Gasteiger partial charge in [-0.25, -0.2) is 0 Å². The minimum Gasteiger partial charge on any atom is -0.340 e. The number of nitrogens with zero attached hydrogens (tertiary/aromatic N) is 1. The summed E-state index contributed by atoms with van der Waals surface area (Å²) in [6.07, 6.45) is 3.04. The zero-order chi connectivity index (χ0) is 14.4. The normalized spacial score (nSPS) is 11.4. The van der Waals surface area contributed by atoms with E-state index in [2.05, 4.69) is 15.6 Å². The Labute approximate surface area is 117 Å². The molecular formula is C15H15N3O2. The van der Waals surface area contributed by atoms with Gasteiger partial charge in [-0.05, 0) is 31.2 Å². The minimum absolute atomic E-state index is 0.270. The van der Waals surface area contributed by atoms with Gasteiger partial charge in [-0.1, -0.05) is 18.2 Å². The quantitative estimate of drug-likeness (QED) is 0.889. The molecule has 0 spiro atoms. The highest BCUT2D eigenvalue weighted by Gasteiger charge is 2.16. The van der Waals surface area contributed by atoms with Gasteiger partial charge < -0.3 is 10.6 Å². The summed E-state index contributed by atoms with van der Waals surface area (Å²) >= 11 is 0. The molecule has 0 unspecified atom stereocenters. The summed E-state index contributed by atoms with van der Waals surface area (Å²) in [7, 11) is 0. The SMILES string of the molecule is C[C@H](NC(=O)c1cccnc1)C(=O)Nc1ccccc1. The van der Waals surface area contributed by atoms with E-state index in [1.54, 1.807) is 37.4 Å². The van der Waals surface area contributed by atoms with Crippen LogP contribution in [0.3, 0.4) is 0 Å². The molecule has 0 aliphatic carbocycles.